The molecule has 0 saturated carbocycles. The first-order valence-electron chi connectivity index (χ1n) is 8.49. The van der Waals surface area contributed by atoms with Crippen LogP contribution in [0.1, 0.15) is 27.7 Å². The topological polar surface area (TPSA) is 36.9 Å². The van der Waals surface area contributed by atoms with Gasteiger partial charge < -0.3 is 18.9 Å². The summed E-state index contributed by atoms with van der Waals surface area (Å²) in [5.41, 5.74) is 0.499. The van der Waals surface area contributed by atoms with E-state index in [0.717, 1.165) is 11.1 Å². The summed E-state index contributed by atoms with van der Waals surface area (Å²) in [7, 11) is 3.47. The molecule has 0 aromatic heterocycles. The molecule has 130 valence electrons. The molecule has 0 N–H and O–H groups in total. The van der Waals surface area contributed by atoms with Crippen molar-refractivity contribution in [3.05, 3.63) is 47.6 Å². The van der Waals surface area contributed by atoms with Gasteiger partial charge in [-0.25, -0.2) is 0 Å². The summed E-state index contributed by atoms with van der Waals surface area (Å²) >= 11 is 0. The maximum absolute atomic E-state index is 6.26. The molecule has 0 aromatic carbocycles. The summed E-state index contributed by atoms with van der Waals surface area (Å²) in [6, 6.07) is 0. The molecule has 0 radical (unpaired) electrons. The molecule has 0 saturated heterocycles. The first kappa shape index (κ1) is 16.3. The molecule has 0 aromatic rings. The molecule has 4 heteroatoms. The fourth-order valence-electron chi connectivity index (χ4n) is 4.76. The number of rotatable bonds is 3. The molecule has 6 atom stereocenters. The van der Waals surface area contributed by atoms with Gasteiger partial charge in [-0.1, -0.05) is 24.3 Å². The van der Waals surface area contributed by atoms with Crippen molar-refractivity contribution in [1.29, 1.82) is 0 Å². The zero-order valence-corrected chi connectivity index (χ0v) is 15.3. The van der Waals surface area contributed by atoms with E-state index < -0.39 is 22.4 Å². The minimum absolute atomic E-state index is 0.182. The van der Waals surface area contributed by atoms with Gasteiger partial charge >= 0.3 is 0 Å². The van der Waals surface area contributed by atoms with E-state index in [2.05, 4.69) is 64.2 Å². The van der Waals surface area contributed by atoms with E-state index >= 15 is 0 Å². The third-order valence-corrected chi connectivity index (χ3v) is 5.67. The van der Waals surface area contributed by atoms with Gasteiger partial charge in [0.2, 0.25) is 0 Å². The molecule has 4 nitrogen and oxygen atoms in total. The molecular formula is C20H26O4. The van der Waals surface area contributed by atoms with Gasteiger partial charge in [-0.15, -0.1) is 0 Å². The Morgan fingerprint density at radius 1 is 0.708 bits per heavy atom. The average Bonchev–Trinajstić information content (AvgIpc) is 2.90. The summed E-state index contributed by atoms with van der Waals surface area (Å²) in [5.74, 6) is 0. The van der Waals surface area contributed by atoms with Crippen LogP contribution in [0.5, 0.6) is 0 Å². The van der Waals surface area contributed by atoms with Gasteiger partial charge in [0.15, 0.2) is 0 Å². The fourth-order valence-corrected chi connectivity index (χ4v) is 4.76. The van der Waals surface area contributed by atoms with Crippen molar-refractivity contribution >= 4 is 0 Å². The van der Waals surface area contributed by atoms with Crippen molar-refractivity contribution in [2.24, 2.45) is 0 Å². The SMILES string of the molecule is CO[C@@H]1C(C2=C[C@@]3(C)C=C[C@](C)(O3)[C@H]2OC)=C[C@]2(C)C=C[C@@]1(C)O2. The second-order valence-corrected chi connectivity index (χ2v) is 8.04. The van der Waals surface area contributed by atoms with Crippen LogP contribution in [-0.2, 0) is 18.9 Å². The Morgan fingerprint density at radius 3 is 1.42 bits per heavy atom. The van der Waals surface area contributed by atoms with Gasteiger partial charge in [0.1, 0.15) is 34.6 Å². The number of hydrogen-bond donors (Lipinski definition) is 0. The number of methoxy groups -OCH3 is 2. The highest BCUT2D eigenvalue weighted by Gasteiger charge is 2.55. The standard InChI is InChI=1S/C20H26O4/c1-17-7-9-19(3,23-17)15(21-5)13(11-17)14-12-18(2)8-10-20(4,24-18)16(14)22-6/h7-12,15-16H,1-6H3/t15-,16+,17+,18-,19-,20+. The average molecular weight is 330 g/mol. The van der Waals surface area contributed by atoms with E-state index in [1.807, 2.05) is 0 Å². The zero-order valence-electron chi connectivity index (χ0n) is 15.3. The summed E-state index contributed by atoms with van der Waals surface area (Å²) in [6.07, 6.45) is 12.4. The molecule has 0 spiro atoms. The van der Waals surface area contributed by atoms with Crippen LogP contribution >= 0.6 is 0 Å². The van der Waals surface area contributed by atoms with Gasteiger partial charge in [-0.3, -0.25) is 0 Å². The van der Waals surface area contributed by atoms with Gasteiger partial charge in [-0.05, 0) is 51.0 Å². The van der Waals surface area contributed by atoms with E-state index in [1.165, 1.54) is 0 Å². The van der Waals surface area contributed by atoms with Crippen LogP contribution in [0, 0.1) is 0 Å². The molecule has 4 heterocycles. The van der Waals surface area contributed by atoms with Crippen LogP contribution in [0.25, 0.3) is 0 Å². The Bertz CT molecular complexity index is 644. The molecule has 0 amide bonds. The fraction of sp³-hybridized carbons (Fsp3) is 0.600. The highest BCUT2D eigenvalue weighted by atomic mass is 16.6. The second-order valence-electron chi connectivity index (χ2n) is 8.04. The quantitative estimate of drug-likeness (QED) is 0.745. The summed E-state index contributed by atoms with van der Waals surface area (Å²) in [6.45, 7) is 8.32. The van der Waals surface area contributed by atoms with Crippen molar-refractivity contribution in [3.63, 3.8) is 0 Å². The lowest BCUT2D eigenvalue weighted by Crippen LogP contribution is -2.53. The number of ether oxygens (including phenoxy) is 4. The Labute approximate surface area is 143 Å². The molecule has 0 unspecified atom stereocenters. The Kier molecular flexibility index (Phi) is 3.19. The smallest absolute Gasteiger partial charge is 0.115 e. The molecular weight excluding hydrogens is 304 g/mol. The summed E-state index contributed by atoms with van der Waals surface area (Å²) in [4.78, 5) is 0. The van der Waals surface area contributed by atoms with E-state index in [0.29, 0.717) is 0 Å². The minimum Gasteiger partial charge on any atom is -0.373 e. The second kappa shape index (κ2) is 4.70. The summed E-state index contributed by atoms with van der Waals surface area (Å²) in [5, 5.41) is 0. The Hall–Kier alpha value is -1.20. The molecule has 4 rings (SSSR count). The lowest BCUT2D eigenvalue weighted by atomic mass is 9.78. The van der Waals surface area contributed by atoms with Gasteiger partial charge in [0, 0.05) is 14.2 Å². The lowest BCUT2D eigenvalue weighted by molar-refractivity contribution is -0.133. The highest BCUT2D eigenvalue weighted by molar-refractivity contribution is 5.53. The van der Waals surface area contributed by atoms with Crippen molar-refractivity contribution in [1.82, 2.24) is 0 Å². The van der Waals surface area contributed by atoms with E-state index in [1.54, 1.807) is 14.2 Å². The normalized spacial score (nSPS) is 51.8. The highest BCUT2D eigenvalue weighted by Crippen LogP contribution is 2.50. The maximum atomic E-state index is 6.26. The molecule has 0 aliphatic carbocycles. The van der Waals surface area contributed by atoms with Gasteiger partial charge in [0.25, 0.3) is 0 Å². The third kappa shape index (κ3) is 2.07. The predicted molar refractivity (Wildman–Crippen MR) is 91.8 cm³/mol. The first-order chi connectivity index (χ1) is 11.2. The molecule has 0 fully saturated rings. The van der Waals surface area contributed by atoms with E-state index in [-0.39, 0.29) is 12.2 Å². The number of hydrogen-bond acceptors (Lipinski definition) is 4. The molecule has 4 bridgehead atoms. The molecule has 4 aliphatic heterocycles. The van der Waals surface area contributed by atoms with Crippen LogP contribution in [0.15, 0.2) is 47.6 Å². The van der Waals surface area contributed by atoms with Crippen LogP contribution in [-0.4, -0.2) is 48.8 Å². The van der Waals surface area contributed by atoms with Crippen LogP contribution in [0.3, 0.4) is 0 Å². The van der Waals surface area contributed by atoms with Crippen molar-refractivity contribution in [2.75, 3.05) is 14.2 Å². The Morgan fingerprint density at radius 2 is 1.08 bits per heavy atom. The third-order valence-electron chi connectivity index (χ3n) is 5.67. The molecule has 4 aliphatic rings. The predicted octanol–water partition coefficient (Wildman–Crippen LogP) is 3.10. The largest absolute Gasteiger partial charge is 0.373 e. The summed E-state index contributed by atoms with van der Waals surface area (Å²) < 4.78 is 24.3. The van der Waals surface area contributed by atoms with Crippen molar-refractivity contribution < 1.29 is 18.9 Å². The minimum atomic E-state index is -0.473. The van der Waals surface area contributed by atoms with E-state index in [9.17, 15) is 0 Å². The van der Waals surface area contributed by atoms with Crippen molar-refractivity contribution in [2.45, 2.75) is 62.3 Å². The monoisotopic (exact) mass is 330 g/mol. The van der Waals surface area contributed by atoms with Crippen molar-refractivity contribution in [3.8, 4) is 0 Å². The van der Waals surface area contributed by atoms with Crippen LogP contribution in [0.4, 0.5) is 0 Å². The van der Waals surface area contributed by atoms with Crippen LogP contribution in [0.2, 0.25) is 0 Å². The zero-order chi connectivity index (χ0) is 17.4. The van der Waals surface area contributed by atoms with E-state index in [4.69, 9.17) is 18.9 Å². The molecule has 24 heavy (non-hydrogen) atoms. The van der Waals surface area contributed by atoms with Gasteiger partial charge in [0.05, 0.1) is 0 Å². The van der Waals surface area contributed by atoms with Gasteiger partial charge in [-0.2, -0.15) is 0 Å². The Balaban J connectivity index is 1.86. The van der Waals surface area contributed by atoms with Crippen LogP contribution < -0.4 is 0 Å². The lowest BCUT2D eigenvalue weighted by Gasteiger charge is -2.47. The number of fused-ring (bicyclic) bond motifs is 4. The first-order valence-corrected chi connectivity index (χ1v) is 8.49. The maximum Gasteiger partial charge on any atom is 0.115 e.